The molecule has 0 unspecified atom stereocenters. The summed E-state index contributed by atoms with van der Waals surface area (Å²) in [5.41, 5.74) is 10.9. The van der Waals surface area contributed by atoms with Crippen molar-refractivity contribution in [1.29, 1.82) is 0 Å². The van der Waals surface area contributed by atoms with Gasteiger partial charge in [0.1, 0.15) is 17.8 Å². The van der Waals surface area contributed by atoms with Crippen LogP contribution in [-0.4, -0.2) is 35.2 Å². The molecule has 9 nitrogen and oxygen atoms in total. The predicted molar refractivity (Wildman–Crippen MR) is 136 cm³/mol. The van der Waals surface area contributed by atoms with Crippen molar-refractivity contribution in [2.24, 2.45) is 0 Å². The molecule has 35 heavy (non-hydrogen) atoms. The molecule has 1 aliphatic carbocycles. The molecule has 3 N–H and O–H groups in total. The van der Waals surface area contributed by atoms with Gasteiger partial charge < -0.3 is 20.2 Å². The Kier molecular flexibility index (Phi) is 5.84. The number of nitrogens with one attached hydrogen (secondary N) is 1. The number of carbonyl (C=O) groups is 1. The van der Waals surface area contributed by atoms with Crippen molar-refractivity contribution in [3.63, 3.8) is 0 Å². The van der Waals surface area contributed by atoms with Crippen LogP contribution in [0.3, 0.4) is 0 Å². The summed E-state index contributed by atoms with van der Waals surface area (Å²) in [7, 11) is 0. The lowest BCUT2D eigenvalue weighted by Crippen LogP contribution is -2.17. The van der Waals surface area contributed by atoms with Crippen LogP contribution in [-0.2, 0) is 0 Å². The number of anilines is 2. The van der Waals surface area contributed by atoms with E-state index in [1.807, 2.05) is 53.6 Å². The Labute approximate surface area is 204 Å². The normalized spacial score (nSPS) is 13.5. The zero-order valence-corrected chi connectivity index (χ0v) is 20.4. The first kappa shape index (κ1) is 22.8. The van der Waals surface area contributed by atoms with Crippen LogP contribution in [0.2, 0.25) is 0 Å². The minimum absolute atomic E-state index is 0.182. The van der Waals surface area contributed by atoms with Crippen molar-refractivity contribution in [2.75, 3.05) is 11.1 Å². The Hall–Kier alpha value is -4.01. The Morgan fingerprint density at radius 1 is 1.14 bits per heavy atom. The number of nitrogen functional groups attached to an aromatic ring is 1. The molecule has 3 heterocycles. The van der Waals surface area contributed by atoms with Crippen LogP contribution >= 0.6 is 0 Å². The number of amides is 1. The SMILES string of the molecule is CC(C)c1cc(N)c(C(=O)Nc2cccc(-c3nncn3C(C)C)n2)cc1-n1cnc(C2CC2)c1. The molecule has 0 bridgehead atoms. The number of carbonyl (C=O) groups excluding carboxylic acids is 1. The Balaban J connectivity index is 1.46. The molecule has 5 rings (SSSR count). The van der Waals surface area contributed by atoms with Gasteiger partial charge in [0.15, 0.2) is 5.82 Å². The van der Waals surface area contributed by atoms with E-state index >= 15 is 0 Å². The summed E-state index contributed by atoms with van der Waals surface area (Å²) in [6.45, 7) is 8.32. The predicted octanol–water partition coefficient (Wildman–Crippen LogP) is 4.94. The molecule has 0 radical (unpaired) electrons. The van der Waals surface area contributed by atoms with Crippen molar-refractivity contribution in [3.05, 3.63) is 66.0 Å². The van der Waals surface area contributed by atoms with E-state index in [2.05, 4.69) is 45.5 Å². The molecule has 0 aliphatic heterocycles. The zero-order valence-electron chi connectivity index (χ0n) is 20.4. The first-order valence-corrected chi connectivity index (χ1v) is 12.0. The minimum Gasteiger partial charge on any atom is -0.398 e. The molecule has 4 aromatic rings. The van der Waals surface area contributed by atoms with Gasteiger partial charge in [-0.1, -0.05) is 19.9 Å². The summed E-state index contributed by atoms with van der Waals surface area (Å²) in [5, 5.41) is 11.1. The van der Waals surface area contributed by atoms with Gasteiger partial charge in [0.05, 0.1) is 23.3 Å². The van der Waals surface area contributed by atoms with Crippen molar-refractivity contribution < 1.29 is 4.79 Å². The molecule has 9 heteroatoms. The van der Waals surface area contributed by atoms with Crippen LogP contribution in [0, 0.1) is 0 Å². The van der Waals surface area contributed by atoms with E-state index in [0.717, 1.165) is 16.9 Å². The second kappa shape index (κ2) is 8.98. The van der Waals surface area contributed by atoms with Gasteiger partial charge in [0, 0.05) is 23.8 Å². The lowest BCUT2D eigenvalue weighted by molar-refractivity contribution is 0.102. The zero-order chi connectivity index (χ0) is 24.7. The average molecular weight is 471 g/mol. The van der Waals surface area contributed by atoms with Crippen LogP contribution in [0.25, 0.3) is 17.2 Å². The topological polar surface area (TPSA) is 117 Å². The highest BCUT2D eigenvalue weighted by atomic mass is 16.1. The molecule has 1 aliphatic rings. The number of benzene rings is 1. The van der Waals surface area contributed by atoms with Crippen LogP contribution in [0.5, 0.6) is 0 Å². The molecule has 1 aromatic carbocycles. The van der Waals surface area contributed by atoms with Gasteiger partial charge in [-0.2, -0.15) is 0 Å². The lowest BCUT2D eigenvalue weighted by atomic mass is 9.97. The van der Waals surface area contributed by atoms with Crippen molar-refractivity contribution in [3.8, 4) is 17.2 Å². The van der Waals surface area contributed by atoms with Gasteiger partial charge in [-0.3, -0.25) is 4.79 Å². The van der Waals surface area contributed by atoms with E-state index in [4.69, 9.17) is 5.73 Å². The van der Waals surface area contributed by atoms with Crippen LogP contribution in [0.1, 0.15) is 80.0 Å². The number of aromatic nitrogens is 6. The molecule has 180 valence electrons. The summed E-state index contributed by atoms with van der Waals surface area (Å²) in [6, 6.07) is 9.34. The van der Waals surface area contributed by atoms with Gasteiger partial charge in [-0.25, -0.2) is 9.97 Å². The first-order valence-electron chi connectivity index (χ1n) is 12.0. The third-order valence-electron chi connectivity index (χ3n) is 6.29. The smallest absolute Gasteiger partial charge is 0.258 e. The summed E-state index contributed by atoms with van der Waals surface area (Å²) >= 11 is 0. The average Bonchev–Trinajstić information content (AvgIpc) is 3.34. The fourth-order valence-corrected chi connectivity index (χ4v) is 4.18. The van der Waals surface area contributed by atoms with E-state index in [9.17, 15) is 4.79 Å². The fraction of sp³-hybridized carbons (Fsp3) is 0.346. The fourth-order valence-electron chi connectivity index (χ4n) is 4.18. The second-order valence-corrected chi connectivity index (χ2v) is 9.65. The van der Waals surface area contributed by atoms with Gasteiger partial charge in [0.2, 0.25) is 0 Å². The minimum atomic E-state index is -0.323. The number of imidazole rings is 1. The third kappa shape index (κ3) is 4.53. The molecule has 3 aromatic heterocycles. The van der Waals surface area contributed by atoms with Crippen LogP contribution < -0.4 is 11.1 Å². The molecule has 0 saturated heterocycles. The van der Waals surface area contributed by atoms with E-state index in [0.29, 0.717) is 34.5 Å². The van der Waals surface area contributed by atoms with E-state index < -0.39 is 0 Å². The third-order valence-corrected chi connectivity index (χ3v) is 6.29. The largest absolute Gasteiger partial charge is 0.398 e. The number of nitrogens with zero attached hydrogens (tertiary/aromatic N) is 6. The molecular weight excluding hydrogens is 440 g/mol. The molecule has 1 saturated carbocycles. The number of hydrogen-bond acceptors (Lipinski definition) is 6. The maximum absolute atomic E-state index is 13.3. The maximum atomic E-state index is 13.3. The Morgan fingerprint density at radius 2 is 1.94 bits per heavy atom. The highest BCUT2D eigenvalue weighted by Gasteiger charge is 2.26. The van der Waals surface area contributed by atoms with Crippen molar-refractivity contribution >= 4 is 17.4 Å². The van der Waals surface area contributed by atoms with E-state index in [1.165, 1.54) is 12.8 Å². The second-order valence-electron chi connectivity index (χ2n) is 9.65. The lowest BCUT2D eigenvalue weighted by Gasteiger charge is -2.17. The number of hydrogen-bond donors (Lipinski definition) is 2. The van der Waals surface area contributed by atoms with Gasteiger partial charge in [-0.05, 0) is 62.4 Å². The first-order chi connectivity index (χ1) is 16.8. The summed E-state index contributed by atoms with van der Waals surface area (Å²) < 4.78 is 3.93. The molecule has 0 spiro atoms. The molecule has 1 fully saturated rings. The Morgan fingerprint density at radius 3 is 2.66 bits per heavy atom. The number of pyridine rings is 1. The molecule has 1 amide bonds. The highest BCUT2D eigenvalue weighted by molar-refractivity contribution is 6.08. The van der Waals surface area contributed by atoms with Crippen LogP contribution in [0.4, 0.5) is 11.5 Å². The van der Waals surface area contributed by atoms with E-state index in [1.54, 1.807) is 12.4 Å². The standard InChI is InChI=1S/C26H30N8O/c1-15(2)18-10-20(27)19(11-23(18)33-12-22(28-13-33)17-8-9-17)26(35)31-24-7-5-6-21(30-24)25-32-29-14-34(25)16(3)4/h5-7,10-17H,8-9,27H2,1-4H3,(H,30,31,35). The summed E-state index contributed by atoms with van der Waals surface area (Å²) in [4.78, 5) is 22.5. The highest BCUT2D eigenvalue weighted by Crippen LogP contribution is 2.39. The maximum Gasteiger partial charge on any atom is 0.258 e. The van der Waals surface area contributed by atoms with Gasteiger partial charge >= 0.3 is 0 Å². The summed E-state index contributed by atoms with van der Waals surface area (Å²) in [5.74, 6) is 1.52. The van der Waals surface area contributed by atoms with Gasteiger partial charge in [0.25, 0.3) is 5.91 Å². The van der Waals surface area contributed by atoms with Gasteiger partial charge in [-0.15, -0.1) is 10.2 Å². The Bertz CT molecular complexity index is 1380. The molecule has 0 atom stereocenters. The van der Waals surface area contributed by atoms with Crippen LogP contribution in [0.15, 0.2) is 49.2 Å². The van der Waals surface area contributed by atoms with Crippen molar-refractivity contribution in [2.45, 2.75) is 58.4 Å². The monoisotopic (exact) mass is 470 g/mol. The number of nitrogens with two attached hydrogens (primary N) is 1. The number of rotatable bonds is 7. The summed E-state index contributed by atoms with van der Waals surface area (Å²) in [6.07, 6.45) is 7.93. The molecular formula is C26H30N8O. The van der Waals surface area contributed by atoms with Crippen molar-refractivity contribution in [1.82, 2.24) is 29.3 Å². The van der Waals surface area contributed by atoms with E-state index in [-0.39, 0.29) is 17.9 Å². The quantitative estimate of drug-likeness (QED) is 0.370.